The zero-order chi connectivity index (χ0) is 17.5. The first-order chi connectivity index (χ1) is 11.4. The van der Waals surface area contributed by atoms with Crippen molar-refractivity contribution in [3.8, 4) is 0 Å². The summed E-state index contributed by atoms with van der Waals surface area (Å²) in [6, 6.07) is 1.58. The van der Waals surface area contributed by atoms with E-state index in [2.05, 4.69) is 22.3 Å². The van der Waals surface area contributed by atoms with Crippen molar-refractivity contribution in [3.63, 3.8) is 0 Å². The molecule has 0 spiro atoms. The third-order valence-corrected chi connectivity index (χ3v) is 5.11. The minimum Gasteiger partial charge on any atom is -0.455 e. The van der Waals surface area contributed by atoms with Gasteiger partial charge in [-0.25, -0.2) is 0 Å². The highest BCUT2D eigenvalue weighted by atomic mass is 32.2. The number of thiocarbonyl (C=S) groups is 1. The van der Waals surface area contributed by atoms with Gasteiger partial charge in [0.15, 0.2) is 12.4 Å². The van der Waals surface area contributed by atoms with Gasteiger partial charge in [0.1, 0.15) is 10.1 Å². The number of anilines is 1. The predicted octanol–water partition coefficient (Wildman–Crippen LogP) is 2.21. The SMILES string of the molecule is Cc1cc(NC(=O)COC(=O)CSC(=S)N2CCC(C)CC2)no1. The highest BCUT2D eigenvalue weighted by Gasteiger charge is 2.19. The number of amides is 1. The molecule has 2 rings (SSSR count). The van der Waals surface area contributed by atoms with E-state index in [4.69, 9.17) is 21.5 Å². The molecule has 0 aliphatic carbocycles. The minimum atomic E-state index is -0.473. The third-order valence-electron chi connectivity index (χ3n) is 3.62. The second kappa shape index (κ2) is 9.03. The van der Waals surface area contributed by atoms with E-state index < -0.39 is 11.9 Å². The van der Waals surface area contributed by atoms with E-state index in [-0.39, 0.29) is 12.4 Å². The molecule has 1 saturated heterocycles. The van der Waals surface area contributed by atoms with Crippen LogP contribution in [0.1, 0.15) is 25.5 Å². The standard InChI is InChI=1S/C15H21N3O4S2/c1-10-3-5-18(6-4-10)15(23)24-9-14(20)21-8-13(19)16-12-7-11(2)22-17-12/h7,10H,3-6,8-9H2,1-2H3,(H,16,17,19). The average molecular weight is 371 g/mol. The van der Waals surface area contributed by atoms with Gasteiger partial charge in [0.2, 0.25) is 0 Å². The van der Waals surface area contributed by atoms with Crippen LogP contribution in [-0.2, 0) is 14.3 Å². The Morgan fingerprint density at radius 3 is 2.83 bits per heavy atom. The maximum absolute atomic E-state index is 11.7. The molecule has 7 nitrogen and oxygen atoms in total. The van der Waals surface area contributed by atoms with Gasteiger partial charge in [-0.05, 0) is 25.7 Å². The summed E-state index contributed by atoms with van der Waals surface area (Å²) in [7, 11) is 0. The van der Waals surface area contributed by atoms with Crippen molar-refractivity contribution in [2.75, 3.05) is 30.8 Å². The molecule has 0 atom stereocenters. The molecule has 132 valence electrons. The van der Waals surface area contributed by atoms with Gasteiger partial charge in [0, 0.05) is 19.2 Å². The van der Waals surface area contributed by atoms with Crippen molar-refractivity contribution in [1.29, 1.82) is 0 Å². The lowest BCUT2D eigenvalue weighted by Gasteiger charge is -2.31. The number of nitrogens with zero attached hydrogens (tertiary/aromatic N) is 2. The topological polar surface area (TPSA) is 84.7 Å². The zero-order valence-electron chi connectivity index (χ0n) is 13.7. The van der Waals surface area contributed by atoms with E-state index in [1.807, 2.05) is 0 Å². The number of likely N-dealkylation sites (tertiary alicyclic amines) is 1. The molecule has 1 aromatic heterocycles. The number of carbonyl (C=O) groups excluding carboxylic acids is 2. The van der Waals surface area contributed by atoms with Gasteiger partial charge in [0.05, 0.1) is 5.75 Å². The minimum absolute atomic E-state index is 0.0984. The second-order valence-corrected chi connectivity index (χ2v) is 7.36. The Balaban J connectivity index is 1.62. The number of rotatable bonds is 5. The molecule has 2 heterocycles. The van der Waals surface area contributed by atoms with Gasteiger partial charge in [0.25, 0.3) is 5.91 Å². The lowest BCUT2D eigenvalue weighted by Crippen LogP contribution is -2.36. The number of hydrogen-bond donors (Lipinski definition) is 1. The van der Waals surface area contributed by atoms with Crippen LogP contribution in [0.3, 0.4) is 0 Å². The highest BCUT2D eigenvalue weighted by molar-refractivity contribution is 8.23. The number of hydrogen-bond acceptors (Lipinski definition) is 7. The molecular formula is C15H21N3O4S2. The summed E-state index contributed by atoms with van der Waals surface area (Å²) < 4.78 is 10.5. The van der Waals surface area contributed by atoms with Crippen molar-refractivity contribution < 1.29 is 18.8 Å². The smallest absolute Gasteiger partial charge is 0.316 e. The Morgan fingerprint density at radius 1 is 1.50 bits per heavy atom. The molecule has 1 amide bonds. The van der Waals surface area contributed by atoms with Gasteiger partial charge >= 0.3 is 5.97 Å². The largest absolute Gasteiger partial charge is 0.455 e. The first kappa shape index (κ1) is 18.7. The molecule has 0 aromatic carbocycles. The van der Waals surface area contributed by atoms with E-state index >= 15 is 0 Å². The molecule has 1 N–H and O–H groups in total. The molecule has 9 heteroatoms. The molecule has 0 saturated carbocycles. The van der Waals surface area contributed by atoms with Crippen LogP contribution in [0, 0.1) is 12.8 Å². The van der Waals surface area contributed by atoms with Gasteiger partial charge in [-0.3, -0.25) is 9.59 Å². The Bertz CT molecular complexity index is 597. The highest BCUT2D eigenvalue weighted by Crippen LogP contribution is 2.20. The number of esters is 1. The van der Waals surface area contributed by atoms with Gasteiger partial charge in [-0.15, -0.1) is 0 Å². The van der Waals surface area contributed by atoms with Crippen LogP contribution < -0.4 is 5.32 Å². The summed E-state index contributed by atoms with van der Waals surface area (Å²) in [6.45, 7) is 5.45. The summed E-state index contributed by atoms with van der Waals surface area (Å²) in [4.78, 5) is 25.5. The monoisotopic (exact) mass is 371 g/mol. The molecular weight excluding hydrogens is 350 g/mol. The lowest BCUT2D eigenvalue weighted by molar-refractivity contribution is -0.144. The second-order valence-electron chi connectivity index (χ2n) is 5.76. The van der Waals surface area contributed by atoms with Gasteiger partial charge in [-0.1, -0.05) is 36.1 Å². The Kier molecular flexibility index (Phi) is 7.04. The molecule has 24 heavy (non-hydrogen) atoms. The van der Waals surface area contributed by atoms with Crippen LogP contribution in [0.5, 0.6) is 0 Å². The number of aryl methyl sites for hydroxylation is 1. The van der Waals surface area contributed by atoms with Crippen molar-refractivity contribution in [3.05, 3.63) is 11.8 Å². The van der Waals surface area contributed by atoms with Crippen LogP contribution in [0.15, 0.2) is 10.6 Å². The van der Waals surface area contributed by atoms with Crippen molar-refractivity contribution in [2.45, 2.75) is 26.7 Å². The summed E-state index contributed by atoms with van der Waals surface area (Å²) >= 11 is 6.61. The van der Waals surface area contributed by atoms with Crippen molar-refractivity contribution >= 4 is 46.0 Å². The normalized spacial score (nSPS) is 15.2. The third kappa shape index (κ3) is 6.12. The number of aromatic nitrogens is 1. The average Bonchev–Trinajstić information content (AvgIpc) is 2.96. The number of piperidine rings is 1. The fourth-order valence-corrected chi connectivity index (χ4v) is 3.24. The van der Waals surface area contributed by atoms with Crippen LogP contribution in [0.4, 0.5) is 5.82 Å². The molecule has 1 aromatic rings. The summed E-state index contributed by atoms with van der Waals surface area (Å²) in [6.07, 6.45) is 2.24. The first-order valence-corrected chi connectivity index (χ1v) is 9.14. The number of thioether (sulfide) groups is 1. The molecule has 0 radical (unpaired) electrons. The van der Waals surface area contributed by atoms with Crippen molar-refractivity contribution in [2.24, 2.45) is 5.92 Å². The fraction of sp³-hybridized carbons (Fsp3) is 0.600. The predicted molar refractivity (Wildman–Crippen MR) is 95.9 cm³/mol. The Labute approximate surface area is 150 Å². The van der Waals surface area contributed by atoms with E-state index in [1.54, 1.807) is 13.0 Å². The number of nitrogens with one attached hydrogen (secondary N) is 1. The quantitative estimate of drug-likeness (QED) is 0.623. The van der Waals surface area contributed by atoms with Gasteiger partial charge in [-0.2, -0.15) is 0 Å². The van der Waals surface area contributed by atoms with Crippen molar-refractivity contribution in [1.82, 2.24) is 10.1 Å². The number of ether oxygens (including phenoxy) is 1. The summed E-state index contributed by atoms with van der Waals surface area (Å²) in [5.74, 6) is 0.767. The summed E-state index contributed by atoms with van der Waals surface area (Å²) in [5, 5.41) is 6.10. The molecule has 1 aliphatic heterocycles. The van der Waals surface area contributed by atoms with Crippen LogP contribution >= 0.6 is 24.0 Å². The molecule has 0 bridgehead atoms. The van der Waals surface area contributed by atoms with Crippen LogP contribution in [0.2, 0.25) is 0 Å². The molecule has 0 unspecified atom stereocenters. The maximum atomic E-state index is 11.7. The van der Waals surface area contributed by atoms with Gasteiger partial charge < -0.3 is 19.5 Å². The maximum Gasteiger partial charge on any atom is 0.316 e. The molecule has 1 aliphatic rings. The summed E-state index contributed by atoms with van der Waals surface area (Å²) in [5.41, 5.74) is 0. The van der Waals surface area contributed by atoms with Crippen LogP contribution in [-0.4, -0.2) is 51.7 Å². The Morgan fingerprint density at radius 2 is 2.21 bits per heavy atom. The fourth-order valence-electron chi connectivity index (χ4n) is 2.20. The lowest BCUT2D eigenvalue weighted by atomic mass is 10.00. The van der Waals surface area contributed by atoms with E-state index in [1.165, 1.54) is 11.8 Å². The van der Waals surface area contributed by atoms with E-state index in [0.29, 0.717) is 15.9 Å². The zero-order valence-corrected chi connectivity index (χ0v) is 15.4. The first-order valence-electron chi connectivity index (χ1n) is 7.74. The number of carbonyl (C=O) groups is 2. The Hall–Kier alpha value is -1.61. The van der Waals surface area contributed by atoms with E-state index in [9.17, 15) is 9.59 Å². The van der Waals surface area contributed by atoms with Crippen LogP contribution in [0.25, 0.3) is 0 Å². The molecule has 1 fully saturated rings. The van der Waals surface area contributed by atoms with E-state index in [0.717, 1.165) is 31.8 Å².